The zero-order valence-electron chi connectivity index (χ0n) is 37.8. The van der Waals surface area contributed by atoms with Gasteiger partial charge in [0, 0.05) is 51.6 Å². The predicted octanol–water partition coefficient (Wildman–Crippen LogP) is 14.2. The number of nitrogens with zero attached hydrogens (tertiary/aromatic N) is 4. The van der Waals surface area contributed by atoms with Gasteiger partial charge in [0.2, 0.25) is 0 Å². The molecule has 282 valence electrons. The largest absolute Gasteiger partial charge is 0.457 e. The molecule has 0 bridgehead atoms. The Bertz CT molecular complexity index is 3240. The number of para-hydroxylation sites is 2. The molecule has 0 spiro atoms. The summed E-state index contributed by atoms with van der Waals surface area (Å²) in [5.41, 5.74) is 11.2. The van der Waals surface area contributed by atoms with Crippen molar-refractivity contribution in [1.29, 1.82) is 0 Å². The number of aryl methyl sites for hydroxylation is 1. The minimum atomic E-state index is -0.422. The van der Waals surface area contributed by atoms with Crippen LogP contribution in [0.3, 0.4) is 0 Å². The SMILES string of the molecule is [2H]c1c([2H])c([2H])c(-c2cnc(-n3c4ccccc4c4ccc(Oc5cccc(N6CN(c7cccc(C(C)(C)C)c7)c7c(-c8ccccc8)cccc76)c5)cc43)cc2C)c([2H])c1[2H]. The molecule has 10 rings (SSSR count). The van der Waals surface area contributed by atoms with E-state index in [2.05, 4.69) is 138 Å². The number of pyridine rings is 1. The zero-order chi connectivity index (χ0) is 43.7. The lowest BCUT2D eigenvalue weighted by Gasteiger charge is -2.26. The highest BCUT2D eigenvalue weighted by atomic mass is 16.5. The van der Waals surface area contributed by atoms with Crippen molar-refractivity contribution in [3.63, 3.8) is 0 Å². The second-order valence-corrected chi connectivity index (χ2v) is 15.8. The molecule has 7 aromatic carbocycles. The van der Waals surface area contributed by atoms with Crippen LogP contribution in [0.4, 0.5) is 22.7 Å². The van der Waals surface area contributed by atoms with E-state index in [9.17, 15) is 0 Å². The maximum atomic E-state index is 8.57. The second-order valence-electron chi connectivity index (χ2n) is 15.8. The van der Waals surface area contributed by atoms with Crippen LogP contribution in [0.5, 0.6) is 11.5 Å². The van der Waals surface area contributed by atoms with E-state index in [0.717, 1.165) is 55.7 Å². The minimum absolute atomic E-state index is 0.00221. The Morgan fingerprint density at radius 1 is 0.603 bits per heavy atom. The van der Waals surface area contributed by atoms with E-state index in [1.54, 1.807) is 6.20 Å². The highest BCUT2D eigenvalue weighted by molar-refractivity contribution is 6.09. The van der Waals surface area contributed by atoms with Crippen LogP contribution >= 0.6 is 0 Å². The van der Waals surface area contributed by atoms with Gasteiger partial charge in [-0.2, -0.15) is 0 Å². The van der Waals surface area contributed by atoms with E-state index >= 15 is 0 Å². The van der Waals surface area contributed by atoms with Crippen LogP contribution in [0.15, 0.2) is 182 Å². The standard InChI is InChI=1S/C53H44N4O/c1-36-30-51(54-34-47(36)38-18-9-6-10-19-38)57-48-26-12-11-24-45(48)46-29-28-43(33-50(46)57)58-42-23-14-22-41(32-42)55-35-56(40-21-13-20-39(31-40)53(2,3)4)52-44(25-15-27-49(52)55)37-16-7-5-8-17-37/h5-34H,35H2,1-4H3/i6D,9D,10D,18D,19D. The first-order valence-electron chi connectivity index (χ1n) is 22.1. The van der Waals surface area contributed by atoms with E-state index < -0.39 is 6.04 Å². The Labute approximate surface area is 347 Å². The minimum Gasteiger partial charge on any atom is -0.457 e. The van der Waals surface area contributed by atoms with E-state index in [4.69, 9.17) is 16.6 Å². The first-order chi connectivity index (χ1) is 30.4. The van der Waals surface area contributed by atoms with Gasteiger partial charge in [-0.25, -0.2) is 4.98 Å². The molecule has 0 saturated carbocycles. The fraction of sp³-hybridized carbons (Fsp3) is 0.113. The summed E-state index contributed by atoms with van der Waals surface area (Å²) in [5, 5.41) is 2.08. The normalized spacial score (nSPS) is 13.9. The summed E-state index contributed by atoms with van der Waals surface area (Å²) in [6.07, 6.45) is 1.60. The molecule has 5 heteroatoms. The van der Waals surface area contributed by atoms with Crippen LogP contribution in [-0.2, 0) is 5.41 Å². The van der Waals surface area contributed by atoms with Crippen LogP contribution in [0.1, 0.15) is 38.8 Å². The van der Waals surface area contributed by atoms with Gasteiger partial charge in [-0.3, -0.25) is 4.57 Å². The number of rotatable bonds is 7. The monoisotopic (exact) mass is 757 g/mol. The highest BCUT2D eigenvalue weighted by Gasteiger charge is 2.31. The summed E-state index contributed by atoms with van der Waals surface area (Å²) in [7, 11) is 0. The van der Waals surface area contributed by atoms with Crippen molar-refractivity contribution >= 4 is 44.6 Å². The molecule has 0 unspecified atom stereocenters. The summed E-state index contributed by atoms with van der Waals surface area (Å²) >= 11 is 0. The topological polar surface area (TPSA) is 33.5 Å². The van der Waals surface area contributed by atoms with Gasteiger partial charge in [0.25, 0.3) is 0 Å². The van der Waals surface area contributed by atoms with Gasteiger partial charge in [0.05, 0.1) is 29.3 Å². The first-order valence-corrected chi connectivity index (χ1v) is 19.6. The summed E-state index contributed by atoms with van der Waals surface area (Å²) in [4.78, 5) is 9.62. The van der Waals surface area contributed by atoms with Gasteiger partial charge in [-0.15, -0.1) is 0 Å². The zero-order valence-corrected chi connectivity index (χ0v) is 32.8. The molecule has 5 nitrogen and oxygen atoms in total. The van der Waals surface area contributed by atoms with Gasteiger partial charge in [-0.05, 0) is 89.2 Å². The summed E-state index contributed by atoms with van der Waals surface area (Å²) in [6.45, 7) is 9.24. The van der Waals surface area contributed by atoms with Crippen molar-refractivity contribution in [2.75, 3.05) is 16.5 Å². The van der Waals surface area contributed by atoms with Crippen molar-refractivity contribution < 1.29 is 11.6 Å². The third-order valence-corrected chi connectivity index (χ3v) is 11.1. The van der Waals surface area contributed by atoms with Crippen molar-refractivity contribution in [3.8, 4) is 39.6 Å². The molecule has 9 aromatic rings. The van der Waals surface area contributed by atoms with Crippen molar-refractivity contribution in [2.45, 2.75) is 33.1 Å². The third-order valence-electron chi connectivity index (χ3n) is 11.1. The summed E-state index contributed by atoms with van der Waals surface area (Å²) < 4.78 is 50.5. The third kappa shape index (κ3) is 6.25. The molecule has 3 heterocycles. The van der Waals surface area contributed by atoms with Crippen molar-refractivity contribution in [3.05, 3.63) is 193 Å². The molecule has 1 aliphatic rings. The van der Waals surface area contributed by atoms with Crippen molar-refractivity contribution in [1.82, 2.24) is 9.55 Å². The highest BCUT2D eigenvalue weighted by Crippen LogP contribution is 2.50. The fourth-order valence-electron chi connectivity index (χ4n) is 8.17. The lowest BCUT2D eigenvalue weighted by Crippen LogP contribution is -2.24. The van der Waals surface area contributed by atoms with E-state index in [1.165, 1.54) is 11.1 Å². The Kier molecular flexibility index (Phi) is 7.32. The number of anilines is 4. The molecule has 0 fully saturated rings. The second kappa shape index (κ2) is 14.1. The summed E-state index contributed by atoms with van der Waals surface area (Å²) in [6, 6.07) is 48.7. The molecular weight excluding hydrogens is 709 g/mol. The van der Waals surface area contributed by atoms with Crippen LogP contribution < -0.4 is 14.5 Å². The van der Waals surface area contributed by atoms with Crippen LogP contribution in [0, 0.1) is 6.92 Å². The average molecular weight is 758 g/mol. The molecule has 0 aliphatic carbocycles. The maximum absolute atomic E-state index is 8.57. The van der Waals surface area contributed by atoms with E-state index in [-0.39, 0.29) is 35.1 Å². The van der Waals surface area contributed by atoms with Gasteiger partial charge < -0.3 is 14.5 Å². The Hall–Kier alpha value is -7.11. The Morgan fingerprint density at radius 3 is 2.14 bits per heavy atom. The number of ether oxygens (including phenoxy) is 1. The molecular formula is C53H44N4O. The number of aromatic nitrogens is 2. The van der Waals surface area contributed by atoms with Crippen LogP contribution in [-0.4, -0.2) is 16.2 Å². The molecule has 1 aliphatic heterocycles. The molecule has 0 amide bonds. The molecule has 58 heavy (non-hydrogen) atoms. The molecule has 0 radical (unpaired) electrons. The van der Waals surface area contributed by atoms with Crippen LogP contribution in [0.2, 0.25) is 0 Å². The van der Waals surface area contributed by atoms with E-state index in [1.807, 2.05) is 49.4 Å². The smallest absolute Gasteiger partial charge is 0.137 e. The Morgan fingerprint density at radius 2 is 1.33 bits per heavy atom. The molecule has 2 aromatic heterocycles. The van der Waals surface area contributed by atoms with Crippen LogP contribution in [0.25, 0.3) is 49.9 Å². The lowest BCUT2D eigenvalue weighted by molar-refractivity contribution is 0.483. The Balaban J connectivity index is 1.03. The molecule has 0 saturated heterocycles. The number of hydrogen-bond donors (Lipinski definition) is 0. The van der Waals surface area contributed by atoms with Crippen molar-refractivity contribution in [2.24, 2.45) is 0 Å². The van der Waals surface area contributed by atoms with Gasteiger partial charge in [0.1, 0.15) is 24.0 Å². The quantitative estimate of drug-likeness (QED) is 0.162. The first kappa shape index (κ1) is 30.1. The van der Waals surface area contributed by atoms with E-state index in [0.29, 0.717) is 29.5 Å². The maximum Gasteiger partial charge on any atom is 0.137 e. The van der Waals surface area contributed by atoms with Gasteiger partial charge in [-0.1, -0.05) is 130 Å². The van der Waals surface area contributed by atoms with Gasteiger partial charge in [0.15, 0.2) is 0 Å². The number of hydrogen-bond acceptors (Lipinski definition) is 4. The molecule has 0 N–H and O–H groups in total. The fourth-order valence-corrected chi connectivity index (χ4v) is 8.17. The number of fused-ring (bicyclic) bond motifs is 4. The predicted molar refractivity (Wildman–Crippen MR) is 241 cm³/mol. The number of benzene rings is 7. The van der Waals surface area contributed by atoms with Gasteiger partial charge >= 0.3 is 0 Å². The summed E-state index contributed by atoms with van der Waals surface area (Å²) in [5.74, 6) is 1.99. The lowest BCUT2D eigenvalue weighted by atomic mass is 9.87. The molecule has 0 atom stereocenters. The average Bonchev–Trinajstić information content (AvgIpc) is 3.85.